The van der Waals surface area contributed by atoms with Gasteiger partial charge in [-0.05, 0) is 35.9 Å². The highest BCUT2D eigenvalue weighted by Gasteiger charge is 2.03. The molecule has 0 aliphatic carbocycles. The fourth-order valence-corrected chi connectivity index (χ4v) is 2.34. The fourth-order valence-electron chi connectivity index (χ4n) is 1.80. The second-order valence-corrected chi connectivity index (χ2v) is 5.21. The molecule has 0 aliphatic heterocycles. The van der Waals surface area contributed by atoms with Gasteiger partial charge in [-0.25, -0.2) is 0 Å². The maximum atomic E-state index is 11.9. The molecule has 0 atom stereocenters. The number of aliphatic hydroxyl groups is 1. The van der Waals surface area contributed by atoms with E-state index in [1.165, 1.54) is 6.08 Å². The molecule has 1 amide bonds. The number of para-hydroxylation sites is 1. The van der Waals surface area contributed by atoms with Crippen LogP contribution in [-0.4, -0.2) is 11.0 Å². The van der Waals surface area contributed by atoms with Crippen molar-refractivity contribution in [2.75, 3.05) is 5.32 Å². The molecule has 0 fully saturated rings. The van der Waals surface area contributed by atoms with E-state index in [4.69, 9.17) is 23.2 Å². The predicted octanol–water partition coefficient (Wildman–Crippen LogP) is 4.14. The summed E-state index contributed by atoms with van der Waals surface area (Å²) in [6.07, 6.45) is 3.00. The number of nitrogens with one attached hydrogen (secondary N) is 1. The molecular formula is C16H13Cl2NO2. The zero-order valence-corrected chi connectivity index (χ0v) is 12.5. The number of hydrogen-bond donors (Lipinski definition) is 2. The molecular weight excluding hydrogens is 309 g/mol. The molecule has 2 aromatic rings. The Morgan fingerprint density at radius 1 is 1.14 bits per heavy atom. The van der Waals surface area contributed by atoms with E-state index >= 15 is 0 Å². The van der Waals surface area contributed by atoms with Crippen molar-refractivity contribution in [1.29, 1.82) is 0 Å². The van der Waals surface area contributed by atoms with Crippen molar-refractivity contribution < 1.29 is 9.90 Å². The van der Waals surface area contributed by atoms with Gasteiger partial charge < -0.3 is 10.4 Å². The molecule has 0 unspecified atom stereocenters. The van der Waals surface area contributed by atoms with Gasteiger partial charge in [-0.1, -0.05) is 41.4 Å². The molecule has 2 aromatic carbocycles. The molecule has 0 bridgehead atoms. The molecule has 0 saturated heterocycles. The number of aliphatic hydroxyl groups excluding tert-OH is 1. The minimum Gasteiger partial charge on any atom is -0.392 e. The van der Waals surface area contributed by atoms with Gasteiger partial charge in [0, 0.05) is 27.4 Å². The van der Waals surface area contributed by atoms with Crippen molar-refractivity contribution in [3.8, 4) is 0 Å². The SMILES string of the molecule is O=C(C=Cc1cc(Cl)cc(Cl)c1)Nc1ccccc1CO. The third-order valence-electron chi connectivity index (χ3n) is 2.76. The topological polar surface area (TPSA) is 49.3 Å². The fraction of sp³-hybridized carbons (Fsp3) is 0.0625. The molecule has 5 heteroatoms. The van der Waals surface area contributed by atoms with Crippen LogP contribution in [0.4, 0.5) is 5.69 Å². The molecule has 0 spiro atoms. The molecule has 3 nitrogen and oxygen atoms in total. The summed E-state index contributed by atoms with van der Waals surface area (Å²) in [7, 11) is 0. The van der Waals surface area contributed by atoms with Crippen LogP contribution in [0.5, 0.6) is 0 Å². The second-order valence-electron chi connectivity index (χ2n) is 4.34. The highest BCUT2D eigenvalue weighted by molar-refractivity contribution is 6.34. The quantitative estimate of drug-likeness (QED) is 0.831. The number of benzene rings is 2. The average Bonchev–Trinajstić information content (AvgIpc) is 2.45. The molecule has 0 aromatic heterocycles. The summed E-state index contributed by atoms with van der Waals surface area (Å²) in [6, 6.07) is 12.1. The van der Waals surface area contributed by atoms with Gasteiger partial charge in [0.15, 0.2) is 0 Å². The Kier molecular flexibility index (Phi) is 5.39. The lowest BCUT2D eigenvalue weighted by atomic mass is 10.2. The molecule has 2 N–H and O–H groups in total. The van der Waals surface area contributed by atoms with Crippen LogP contribution in [0.1, 0.15) is 11.1 Å². The van der Waals surface area contributed by atoms with Crippen LogP contribution in [0.15, 0.2) is 48.5 Å². The van der Waals surface area contributed by atoms with Crippen LogP contribution in [0.25, 0.3) is 6.08 Å². The van der Waals surface area contributed by atoms with Crippen molar-refractivity contribution in [3.05, 3.63) is 69.7 Å². The maximum absolute atomic E-state index is 11.9. The van der Waals surface area contributed by atoms with Crippen molar-refractivity contribution in [2.24, 2.45) is 0 Å². The number of carbonyl (C=O) groups excluding carboxylic acids is 1. The van der Waals surface area contributed by atoms with Crippen molar-refractivity contribution >= 4 is 40.9 Å². The van der Waals surface area contributed by atoms with Gasteiger partial charge in [-0.3, -0.25) is 4.79 Å². The number of carbonyl (C=O) groups is 1. The first-order valence-corrected chi connectivity index (χ1v) is 6.98. The van der Waals surface area contributed by atoms with E-state index in [0.29, 0.717) is 21.3 Å². The minimum atomic E-state index is -0.299. The van der Waals surface area contributed by atoms with Crippen molar-refractivity contribution in [1.82, 2.24) is 0 Å². The van der Waals surface area contributed by atoms with Crippen LogP contribution < -0.4 is 5.32 Å². The van der Waals surface area contributed by atoms with E-state index in [9.17, 15) is 9.90 Å². The van der Waals surface area contributed by atoms with Gasteiger partial charge in [-0.2, -0.15) is 0 Å². The first kappa shape index (κ1) is 15.6. The lowest BCUT2D eigenvalue weighted by Gasteiger charge is -2.07. The third kappa shape index (κ3) is 4.60. The van der Waals surface area contributed by atoms with E-state index in [-0.39, 0.29) is 12.5 Å². The molecule has 0 aliphatic rings. The van der Waals surface area contributed by atoms with E-state index in [2.05, 4.69) is 5.32 Å². The standard InChI is InChI=1S/C16H13Cl2NO2/c17-13-7-11(8-14(18)9-13)5-6-16(21)19-15-4-2-1-3-12(15)10-20/h1-9,20H,10H2,(H,19,21). The molecule has 0 heterocycles. The molecule has 0 saturated carbocycles. The van der Waals surface area contributed by atoms with Gasteiger partial charge in [-0.15, -0.1) is 0 Å². The van der Waals surface area contributed by atoms with Gasteiger partial charge >= 0.3 is 0 Å². The first-order chi connectivity index (χ1) is 10.1. The summed E-state index contributed by atoms with van der Waals surface area (Å²) in [5, 5.41) is 12.9. The van der Waals surface area contributed by atoms with Gasteiger partial charge in [0.25, 0.3) is 0 Å². The summed E-state index contributed by atoms with van der Waals surface area (Å²) in [5.41, 5.74) is 1.97. The van der Waals surface area contributed by atoms with E-state index in [1.807, 2.05) is 0 Å². The summed E-state index contributed by atoms with van der Waals surface area (Å²) in [4.78, 5) is 11.9. The summed E-state index contributed by atoms with van der Waals surface area (Å²) in [6.45, 7) is -0.135. The van der Waals surface area contributed by atoms with Gasteiger partial charge in [0.05, 0.1) is 6.61 Å². The maximum Gasteiger partial charge on any atom is 0.248 e. The molecule has 0 radical (unpaired) electrons. The van der Waals surface area contributed by atoms with Crippen LogP contribution >= 0.6 is 23.2 Å². The molecule has 108 valence electrons. The zero-order valence-electron chi connectivity index (χ0n) is 11.0. The lowest BCUT2D eigenvalue weighted by Crippen LogP contribution is -2.09. The Balaban J connectivity index is 2.09. The lowest BCUT2D eigenvalue weighted by molar-refractivity contribution is -0.111. The van der Waals surface area contributed by atoms with Crippen LogP contribution in [0, 0.1) is 0 Å². The number of amides is 1. The smallest absolute Gasteiger partial charge is 0.248 e. The average molecular weight is 322 g/mol. The monoisotopic (exact) mass is 321 g/mol. The Hall–Kier alpha value is -1.81. The Bertz CT molecular complexity index is 663. The molecule has 2 rings (SSSR count). The largest absolute Gasteiger partial charge is 0.392 e. The number of halogens is 2. The number of hydrogen-bond acceptors (Lipinski definition) is 2. The van der Waals surface area contributed by atoms with Gasteiger partial charge in [0.1, 0.15) is 0 Å². The van der Waals surface area contributed by atoms with Gasteiger partial charge in [0.2, 0.25) is 5.91 Å². The third-order valence-corrected chi connectivity index (χ3v) is 3.19. The number of rotatable bonds is 4. The highest BCUT2D eigenvalue weighted by atomic mass is 35.5. The van der Waals surface area contributed by atoms with Crippen LogP contribution in [0.2, 0.25) is 10.0 Å². The molecule has 21 heavy (non-hydrogen) atoms. The predicted molar refractivity (Wildman–Crippen MR) is 86.5 cm³/mol. The van der Waals surface area contributed by atoms with Crippen LogP contribution in [-0.2, 0) is 11.4 Å². The van der Waals surface area contributed by atoms with E-state index in [1.54, 1.807) is 48.5 Å². The first-order valence-electron chi connectivity index (χ1n) is 6.22. The normalized spacial score (nSPS) is 10.8. The summed E-state index contributed by atoms with van der Waals surface area (Å²) >= 11 is 11.8. The Morgan fingerprint density at radius 2 is 1.81 bits per heavy atom. The Morgan fingerprint density at radius 3 is 2.48 bits per heavy atom. The zero-order chi connectivity index (χ0) is 15.2. The van der Waals surface area contributed by atoms with Crippen molar-refractivity contribution in [2.45, 2.75) is 6.61 Å². The van der Waals surface area contributed by atoms with E-state index in [0.717, 1.165) is 5.56 Å². The summed E-state index contributed by atoms with van der Waals surface area (Å²) < 4.78 is 0. The Labute approximate surface area is 132 Å². The van der Waals surface area contributed by atoms with E-state index < -0.39 is 0 Å². The minimum absolute atomic E-state index is 0.135. The second kappa shape index (κ2) is 7.27. The highest BCUT2D eigenvalue weighted by Crippen LogP contribution is 2.20. The van der Waals surface area contributed by atoms with Crippen molar-refractivity contribution in [3.63, 3.8) is 0 Å². The summed E-state index contributed by atoms with van der Waals surface area (Å²) in [5.74, 6) is -0.299. The number of anilines is 1. The van der Waals surface area contributed by atoms with Crippen LogP contribution in [0.3, 0.4) is 0 Å².